The zero-order chi connectivity index (χ0) is 14.9. The summed E-state index contributed by atoms with van der Waals surface area (Å²) in [6.07, 6.45) is -0.496. The van der Waals surface area contributed by atoms with Crippen molar-refractivity contribution in [3.05, 3.63) is 0 Å². The molecule has 0 aromatic carbocycles. The molecule has 7 nitrogen and oxygen atoms in total. The van der Waals surface area contributed by atoms with Gasteiger partial charge in [0.25, 0.3) is 0 Å². The lowest BCUT2D eigenvalue weighted by Crippen LogP contribution is -2.34. The van der Waals surface area contributed by atoms with E-state index >= 15 is 0 Å². The molecule has 0 fully saturated rings. The third-order valence-corrected chi connectivity index (χ3v) is 1.97. The molecule has 0 rings (SSSR count). The number of carbonyl (C=O) groups excluding carboxylic acids is 1. The van der Waals surface area contributed by atoms with Gasteiger partial charge < -0.3 is 25.0 Å². The minimum Gasteiger partial charge on any atom is -0.480 e. The molecule has 0 bridgehead atoms. The summed E-state index contributed by atoms with van der Waals surface area (Å²) in [7, 11) is 0. The molecule has 0 aromatic heterocycles. The lowest BCUT2D eigenvalue weighted by atomic mass is 10.2. The molecule has 7 heteroatoms. The Kier molecular flexibility index (Phi) is 8.09. The first-order valence-corrected chi connectivity index (χ1v) is 6.15. The average Bonchev–Trinajstić information content (AvgIpc) is 2.21. The predicted molar refractivity (Wildman–Crippen MR) is 67.9 cm³/mol. The van der Waals surface area contributed by atoms with E-state index in [4.69, 9.17) is 14.6 Å². The van der Waals surface area contributed by atoms with E-state index in [0.717, 1.165) is 0 Å². The molecule has 1 amide bonds. The van der Waals surface area contributed by atoms with Gasteiger partial charge in [0, 0.05) is 13.2 Å². The Morgan fingerprint density at radius 2 is 1.89 bits per heavy atom. The second-order valence-electron chi connectivity index (χ2n) is 5.11. The van der Waals surface area contributed by atoms with Gasteiger partial charge in [0.1, 0.15) is 12.2 Å². The standard InChI is InChI=1S/C12H23NO6/c1-12(2,3)19-11(17)13-6-4-9(14)5-7-18-8-10(15)16/h9,14H,4-8H2,1-3H3,(H,13,17)(H,15,16). The van der Waals surface area contributed by atoms with Crippen molar-refractivity contribution in [1.29, 1.82) is 0 Å². The van der Waals surface area contributed by atoms with E-state index in [1.807, 2.05) is 0 Å². The zero-order valence-corrected chi connectivity index (χ0v) is 11.6. The van der Waals surface area contributed by atoms with Crippen LogP contribution in [-0.4, -0.2) is 53.7 Å². The Hall–Kier alpha value is -1.34. The molecule has 0 saturated carbocycles. The van der Waals surface area contributed by atoms with E-state index < -0.39 is 23.8 Å². The van der Waals surface area contributed by atoms with E-state index in [9.17, 15) is 14.7 Å². The van der Waals surface area contributed by atoms with E-state index in [1.54, 1.807) is 20.8 Å². The van der Waals surface area contributed by atoms with Crippen LogP contribution in [0.3, 0.4) is 0 Å². The summed E-state index contributed by atoms with van der Waals surface area (Å²) in [4.78, 5) is 21.4. The number of hydrogen-bond acceptors (Lipinski definition) is 5. The maximum Gasteiger partial charge on any atom is 0.407 e. The molecular weight excluding hydrogens is 254 g/mol. The molecule has 0 radical (unpaired) electrons. The fraction of sp³-hybridized carbons (Fsp3) is 0.833. The molecule has 0 aromatic rings. The highest BCUT2D eigenvalue weighted by Crippen LogP contribution is 2.06. The van der Waals surface area contributed by atoms with Gasteiger partial charge in [0.2, 0.25) is 0 Å². The normalized spacial score (nSPS) is 12.8. The van der Waals surface area contributed by atoms with Gasteiger partial charge in [-0.2, -0.15) is 0 Å². The summed E-state index contributed by atoms with van der Waals surface area (Å²) in [5, 5.41) is 20.4. The van der Waals surface area contributed by atoms with Gasteiger partial charge in [-0.15, -0.1) is 0 Å². The molecule has 0 spiro atoms. The Bertz CT molecular complexity index is 286. The monoisotopic (exact) mass is 277 g/mol. The van der Waals surface area contributed by atoms with Gasteiger partial charge in [0.05, 0.1) is 6.10 Å². The average molecular weight is 277 g/mol. The summed E-state index contributed by atoms with van der Waals surface area (Å²) in [6, 6.07) is 0. The Labute approximate surface area is 112 Å². The highest BCUT2D eigenvalue weighted by molar-refractivity contribution is 5.68. The highest BCUT2D eigenvalue weighted by atomic mass is 16.6. The second kappa shape index (κ2) is 8.71. The summed E-state index contributed by atoms with van der Waals surface area (Å²) in [5.41, 5.74) is -0.548. The molecule has 0 heterocycles. The van der Waals surface area contributed by atoms with Crippen LogP contribution in [0, 0.1) is 0 Å². The molecular formula is C12H23NO6. The Morgan fingerprint density at radius 3 is 2.42 bits per heavy atom. The fourth-order valence-corrected chi connectivity index (χ4v) is 1.18. The number of aliphatic hydroxyl groups is 1. The van der Waals surface area contributed by atoms with Crippen LogP contribution in [0.25, 0.3) is 0 Å². The number of nitrogens with one attached hydrogen (secondary N) is 1. The number of amides is 1. The third kappa shape index (κ3) is 12.9. The Balaban J connectivity index is 3.55. The number of carboxylic acid groups (broad SMARTS) is 1. The van der Waals surface area contributed by atoms with Crippen LogP contribution < -0.4 is 5.32 Å². The van der Waals surface area contributed by atoms with Gasteiger partial charge in [0.15, 0.2) is 0 Å². The molecule has 0 saturated heterocycles. The number of alkyl carbamates (subject to hydrolysis) is 1. The SMILES string of the molecule is CC(C)(C)OC(=O)NCCC(O)CCOCC(=O)O. The fourth-order valence-electron chi connectivity index (χ4n) is 1.18. The molecule has 1 unspecified atom stereocenters. The van der Waals surface area contributed by atoms with Crippen molar-refractivity contribution in [2.45, 2.75) is 45.3 Å². The highest BCUT2D eigenvalue weighted by Gasteiger charge is 2.15. The van der Waals surface area contributed by atoms with Gasteiger partial charge in [-0.3, -0.25) is 0 Å². The number of carboxylic acids is 1. The predicted octanol–water partition coefficient (Wildman–Crippen LogP) is 0.753. The van der Waals surface area contributed by atoms with Crippen LogP contribution in [0.2, 0.25) is 0 Å². The molecule has 0 aliphatic heterocycles. The van der Waals surface area contributed by atoms with Crippen molar-refractivity contribution in [1.82, 2.24) is 5.32 Å². The van der Waals surface area contributed by atoms with Crippen LogP contribution >= 0.6 is 0 Å². The first-order valence-electron chi connectivity index (χ1n) is 6.15. The quantitative estimate of drug-likeness (QED) is 0.565. The lowest BCUT2D eigenvalue weighted by Gasteiger charge is -2.20. The smallest absolute Gasteiger partial charge is 0.407 e. The van der Waals surface area contributed by atoms with E-state index in [0.29, 0.717) is 12.8 Å². The number of aliphatic carboxylic acids is 1. The van der Waals surface area contributed by atoms with E-state index in [-0.39, 0.29) is 19.8 Å². The Morgan fingerprint density at radius 1 is 1.26 bits per heavy atom. The van der Waals surface area contributed by atoms with Crippen molar-refractivity contribution < 1.29 is 29.3 Å². The van der Waals surface area contributed by atoms with Gasteiger partial charge in [-0.05, 0) is 33.6 Å². The summed E-state index contributed by atoms with van der Waals surface area (Å²) < 4.78 is 9.81. The number of aliphatic hydroxyl groups excluding tert-OH is 1. The minimum absolute atomic E-state index is 0.167. The maximum atomic E-state index is 11.3. The molecule has 0 aliphatic carbocycles. The van der Waals surface area contributed by atoms with E-state index in [2.05, 4.69) is 5.32 Å². The van der Waals surface area contributed by atoms with Crippen LogP contribution in [0.15, 0.2) is 0 Å². The van der Waals surface area contributed by atoms with Crippen molar-refractivity contribution >= 4 is 12.1 Å². The summed E-state index contributed by atoms with van der Waals surface area (Å²) in [5.74, 6) is -1.04. The van der Waals surface area contributed by atoms with Gasteiger partial charge >= 0.3 is 12.1 Å². The van der Waals surface area contributed by atoms with Crippen molar-refractivity contribution in [3.8, 4) is 0 Å². The zero-order valence-electron chi connectivity index (χ0n) is 11.6. The summed E-state index contributed by atoms with van der Waals surface area (Å²) in [6.45, 7) is 5.38. The van der Waals surface area contributed by atoms with Gasteiger partial charge in [-0.1, -0.05) is 0 Å². The molecule has 1 atom stereocenters. The second-order valence-corrected chi connectivity index (χ2v) is 5.11. The maximum absolute atomic E-state index is 11.3. The van der Waals surface area contributed by atoms with Crippen LogP contribution in [-0.2, 0) is 14.3 Å². The molecule has 0 aliphatic rings. The number of rotatable bonds is 8. The molecule has 3 N–H and O–H groups in total. The van der Waals surface area contributed by atoms with Gasteiger partial charge in [-0.25, -0.2) is 9.59 Å². The molecule has 112 valence electrons. The van der Waals surface area contributed by atoms with E-state index in [1.165, 1.54) is 0 Å². The molecule has 19 heavy (non-hydrogen) atoms. The first-order chi connectivity index (χ1) is 8.70. The van der Waals surface area contributed by atoms with Crippen LogP contribution in [0.5, 0.6) is 0 Å². The number of ether oxygens (including phenoxy) is 2. The van der Waals surface area contributed by atoms with Crippen LogP contribution in [0.1, 0.15) is 33.6 Å². The summed E-state index contributed by atoms with van der Waals surface area (Å²) >= 11 is 0. The van der Waals surface area contributed by atoms with Crippen molar-refractivity contribution in [2.24, 2.45) is 0 Å². The van der Waals surface area contributed by atoms with Crippen LogP contribution in [0.4, 0.5) is 4.79 Å². The van der Waals surface area contributed by atoms with Crippen molar-refractivity contribution in [3.63, 3.8) is 0 Å². The minimum atomic E-state index is -1.04. The lowest BCUT2D eigenvalue weighted by molar-refractivity contribution is -0.142. The largest absolute Gasteiger partial charge is 0.480 e. The third-order valence-electron chi connectivity index (χ3n) is 1.97. The number of hydrogen-bond donors (Lipinski definition) is 3. The number of carbonyl (C=O) groups is 2. The van der Waals surface area contributed by atoms with Crippen molar-refractivity contribution in [2.75, 3.05) is 19.8 Å². The topological polar surface area (TPSA) is 105 Å². The first kappa shape index (κ1) is 17.7.